The number of fused-ring (bicyclic) bond motifs is 1. The van der Waals surface area contributed by atoms with Gasteiger partial charge in [0.25, 0.3) is 5.91 Å². The molecule has 1 fully saturated rings. The van der Waals surface area contributed by atoms with E-state index in [1.807, 2.05) is 38.4 Å². The van der Waals surface area contributed by atoms with Crippen molar-refractivity contribution in [3.63, 3.8) is 0 Å². The van der Waals surface area contributed by atoms with E-state index in [9.17, 15) is 4.79 Å². The van der Waals surface area contributed by atoms with Gasteiger partial charge in [0.15, 0.2) is 0 Å². The van der Waals surface area contributed by atoms with Crippen LogP contribution in [0.4, 0.5) is 0 Å². The summed E-state index contributed by atoms with van der Waals surface area (Å²) in [5.41, 5.74) is 2.71. The number of hydrogen-bond acceptors (Lipinski definition) is 3. The van der Waals surface area contributed by atoms with Crippen LogP contribution in [0.5, 0.6) is 0 Å². The molecule has 5 heteroatoms. The van der Waals surface area contributed by atoms with E-state index in [0.29, 0.717) is 24.8 Å². The fourth-order valence-corrected chi connectivity index (χ4v) is 3.52. The van der Waals surface area contributed by atoms with E-state index in [1.54, 1.807) is 0 Å². The maximum atomic E-state index is 12.3. The number of aromatic nitrogens is 2. The maximum Gasteiger partial charge on any atom is 0.251 e. The Morgan fingerprint density at radius 1 is 1.32 bits per heavy atom. The average molecular weight is 343 g/mol. The number of nitrogens with one attached hydrogen (secondary N) is 1. The highest BCUT2D eigenvalue weighted by molar-refractivity contribution is 5.97. The Kier molecular flexibility index (Phi) is 6.08. The van der Waals surface area contributed by atoms with Gasteiger partial charge in [0, 0.05) is 24.8 Å². The Bertz CT molecular complexity index is 702. The number of ether oxygens (including phenoxy) is 1. The zero-order chi connectivity index (χ0) is 17.6. The predicted molar refractivity (Wildman–Crippen MR) is 99.9 cm³/mol. The molecular weight excluding hydrogens is 314 g/mol. The summed E-state index contributed by atoms with van der Waals surface area (Å²) in [6.45, 7) is 5.32. The molecule has 136 valence electrons. The third kappa shape index (κ3) is 4.60. The van der Waals surface area contributed by atoms with Gasteiger partial charge < -0.3 is 14.6 Å². The van der Waals surface area contributed by atoms with E-state index in [-0.39, 0.29) is 12.0 Å². The predicted octanol–water partition coefficient (Wildman–Crippen LogP) is 4.09. The zero-order valence-electron chi connectivity index (χ0n) is 15.3. The molecule has 1 saturated carbocycles. The van der Waals surface area contributed by atoms with Crippen molar-refractivity contribution in [3.05, 3.63) is 30.1 Å². The lowest BCUT2D eigenvalue weighted by atomic mass is 9.95. The number of carbonyl (C=O) groups is 1. The number of imidazole rings is 1. The summed E-state index contributed by atoms with van der Waals surface area (Å²) < 4.78 is 7.77. The largest absolute Gasteiger partial charge is 0.379 e. The average Bonchev–Trinajstić information content (AvgIpc) is 3.05. The van der Waals surface area contributed by atoms with Gasteiger partial charge in [-0.3, -0.25) is 4.79 Å². The van der Waals surface area contributed by atoms with Crippen molar-refractivity contribution < 1.29 is 9.53 Å². The lowest BCUT2D eigenvalue weighted by Gasteiger charge is -2.23. The molecule has 1 N–H and O–H groups in total. The van der Waals surface area contributed by atoms with Gasteiger partial charge in [-0.25, -0.2) is 4.98 Å². The fraction of sp³-hybridized carbons (Fsp3) is 0.600. The first-order valence-electron chi connectivity index (χ1n) is 9.51. The molecule has 0 unspecified atom stereocenters. The summed E-state index contributed by atoms with van der Waals surface area (Å²) >= 11 is 0. The molecule has 1 aliphatic rings. The Hall–Kier alpha value is -1.88. The quantitative estimate of drug-likeness (QED) is 0.771. The van der Waals surface area contributed by atoms with Gasteiger partial charge in [-0.15, -0.1) is 0 Å². The van der Waals surface area contributed by atoms with Crippen LogP contribution in [0, 0.1) is 0 Å². The number of amides is 1. The molecular formula is C20H29N3O2. The highest BCUT2D eigenvalue weighted by Crippen LogP contribution is 2.30. The molecule has 1 heterocycles. The number of hydrogen-bond donors (Lipinski definition) is 1. The molecule has 3 rings (SSSR count). The minimum Gasteiger partial charge on any atom is -0.379 e. The molecule has 2 aromatic rings. The van der Waals surface area contributed by atoms with E-state index < -0.39 is 0 Å². The van der Waals surface area contributed by atoms with Crippen molar-refractivity contribution in [1.82, 2.24) is 14.9 Å². The summed E-state index contributed by atoms with van der Waals surface area (Å²) in [5.74, 6) is -0.0429. The lowest BCUT2D eigenvalue weighted by molar-refractivity contribution is 0.0757. The first-order valence-corrected chi connectivity index (χ1v) is 9.51. The normalized spacial score (nSPS) is 15.8. The Labute approximate surface area is 149 Å². The summed E-state index contributed by atoms with van der Waals surface area (Å²) in [6, 6.07) is 6.39. The molecule has 0 saturated heterocycles. The molecule has 0 bridgehead atoms. The highest BCUT2D eigenvalue weighted by atomic mass is 16.5. The highest BCUT2D eigenvalue weighted by Gasteiger charge is 2.18. The summed E-state index contributed by atoms with van der Waals surface area (Å²) in [4.78, 5) is 16.8. The molecule has 1 amide bonds. The Morgan fingerprint density at radius 3 is 2.88 bits per heavy atom. The van der Waals surface area contributed by atoms with Gasteiger partial charge in [-0.05, 0) is 51.3 Å². The van der Waals surface area contributed by atoms with Crippen molar-refractivity contribution in [2.45, 2.75) is 64.5 Å². The second kappa shape index (κ2) is 8.48. The summed E-state index contributed by atoms with van der Waals surface area (Å²) in [6.07, 6.45) is 9.39. The van der Waals surface area contributed by atoms with Crippen LogP contribution in [0.25, 0.3) is 11.0 Å². The van der Waals surface area contributed by atoms with Crippen LogP contribution < -0.4 is 5.32 Å². The molecule has 0 aliphatic heterocycles. The van der Waals surface area contributed by atoms with Crippen LogP contribution >= 0.6 is 0 Å². The molecule has 1 aliphatic carbocycles. The molecule has 0 atom stereocenters. The third-order valence-corrected chi connectivity index (χ3v) is 4.86. The maximum absolute atomic E-state index is 12.3. The summed E-state index contributed by atoms with van der Waals surface area (Å²) in [7, 11) is 0. The molecule has 25 heavy (non-hydrogen) atoms. The zero-order valence-corrected chi connectivity index (χ0v) is 15.3. The first-order chi connectivity index (χ1) is 12.1. The summed E-state index contributed by atoms with van der Waals surface area (Å²) in [5, 5.41) is 2.95. The van der Waals surface area contributed by atoms with Crippen molar-refractivity contribution in [1.29, 1.82) is 0 Å². The molecule has 0 radical (unpaired) electrons. The third-order valence-electron chi connectivity index (χ3n) is 4.86. The SMILES string of the molecule is CC(C)OCCCNC(=O)c1ccc2c(c1)ncn2C1CCCCC1. The monoisotopic (exact) mass is 343 g/mol. The Balaban J connectivity index is 1.60. The van der Waals surface area contributed by atoms with Crippen LogP contribution in [0.1, 0.15) is 68.8 Å². The van der Waals surface area contributed by atoms with Gasteiger partial charge >= 0.3 is 0 Å². The number of carbonyl (C=O) groups excluding carboxylic acids is 1. The fourth-order valence-electron chi connectivity index (χ4n) is 3.52. The molecule has 1 aromatic carbocycles. The van der Waals surface area contributed by atoms with Crippen LogP contribution in [-0.4, -0.2) is 34.7 Å². The minimum atomic E-state index is -0.0429. The van der Waals surface area contributed by atoms with E-state index in [2.05, 4.69) is 14.9 Å². The molecule has 5 nitrogen and oxygen atoms in total. The van der Waals surface area contributed by atoms with Crippen molar-refractivity contribution in [2.75, 3.05) is 13.2 Å². The smallest absolute Gasteiger partial charge is 0.251 e. The van der Waals surface area contributed by atoms with E-state index in [4.69, 9.17) is 4.74 Å². The molecule has 0 spiro atoms. The van der Waals surface area contributed by atoms with Crippen LogP contribution in [-0.2, 0) is 4.74 Å². The number of nitrogens with zero attached hydrogens (tertiary/aromatic N) is 2. The number of benzene rings is 1. The minimum absolute atomic E-state index is 0.0429. The van der Waals surface area contributed by atoms with E-state index in [1.165, 1.54) is 32.1 Å². The van der Waals surface area contributed by atoms with Crippen molar-refractivity contribution in [3.8, 4) is 0 Å². The Morgan fingerprint density at radius 2 is 2.12 bits per heavy atom. The van der Waals surface area contributed by atoms with Crippen molar-refractivity contribution >= 4 is 16.9 Å². The van der Waals surface area contributed by atoms with Gasteiger partial charge in [0.05, 0.1) is 23.5 Å². The van der Waals surface area contributed by atoms with E-state index in [0.717, 1.165) is 17.5 Å². The second-order valence-electron chi connectivity index (χ2n) is 7.18. The van der Waals surface area contributed by atoms with Gasteiger partial charge in [0.1, 0.15) is 0 Å². The van der Waals surface area contributed by atoms with Crippen LogP contribution in [0.3, 0.4) is 0 Å². The van der Waals surface area contributed by atoms with Gasteiger partial charge in [-0.1, -0.05) is 19.3 Å². The topological polar surface area (TPSA) is 56.1 Å². The second-order valence-corrected chi connectivity index (χ2v) is 7.18. The van der Waals surface area contributed by atoms with Crippen LogP contribution in [0.15, 0.2) is 24.5 Å². The van der Waals surface area contributed by atoms with Gasteiger partial charge in [-0.2, -0.15) is 0 Å². The first kappa shape index (κ1) is 17.9. The molecule has 1 aromatic heterocycles. The standard InChI is InChI=1S/C20H29N3O2/c1-15(2)25-12-6-11-21-20(24)16-9-10-19-18(13-16)22-14-23(19)17-7-4-3-5-8-17/h9-10,13-15,17H,3-8,11-12H2,1-2H3,(H,21,24). The van der Waals surface area contributed by atoms with Crippen LogP contribution in [0.2, 0.25) is 0 Å². The number of rotatable bonds is 7. The van der Waals surface area contributed by atoms with Crippen molar-refractivity contribution in [2.24, 2.45) is 0 Å². The lowest BCUT2D eigenvalue weighted by Crippen LogP contribution is -2.25. The van der Waals surface area contributed by atoms with E-state index >= 15 is 0 Å². The van der Waals surface area contributed by atoms with Gasteiger partial charge in [0.2, 0.25) is 0 Å².